The van der Waals surface area contributed by atoms with Crippen molar-refractivity contribution in [1.29, 1.82) is 0 Å². The van der Waals surface area contributed by atoms with Crippen LogP contribution in [0.15, 0.2) is 35.5 Å². The van der Waals surface area contributed by atoms with Crippen molar-refractivity contribution in [3.8, 4) is 16.9 Å². The van der Waals surface area contributed by atoms with Crippen LogP contribution < -0.4 is 0 Å². The highest BCUT2D eigenvalue weighted by atomic mass is 19.1. The summed E-state index contributed by atoms with van der Waals surface area (Å²) in [5.41, 5.74) is 3.23. The fourth-order valence-corrected chi connectivity index (χ4v) is 6.28. The van der Waals surface area contributed by atoms with Gasteiger partial charge in [-0.3, -0.25) is 19.2 Å². The summed E-state index contributed by atoms with van der Waals surface area (Å²) in [6.45, 7) is 4.73. The van der Waals surface area contributed by atoms with Gasteiger partial charge in [-0.1, -0.05) is 5.57 Å². The van der Waals surface area contributed by atoms with Crippen molar-refractivity contribution < 1.29 is 28.7 Å². The monoisotopic (exact) mass is 461 g/mol. The molecule has 1 saturated carbocycles. The Kier molecular flexibility index (Phi) is 5.11. The summed E-state index contributed by atoms with van der Waals surface area (Å²) >= 11 is 0. The van der Waals surface area contributed by atoms with Gasteiger partial charge >= 0.3 is 0 Å². The number of phenolic OH excluding ortho intramolecular Hbond substituents is 1. The van der Waals surface area contributed by atoms with Crippen LogP contribution in [0, 0.1) is 36.5 Å². The molecule has 1 N–H and O–H groups in total. The minimum absolute atomic E-state index is 0.0847. The first-order valence-electron chi connectivity index (χ1n) is 11.4. The van der Waals surface area contributed by atoms with Crippen LogP contribution in [0.5, 0.6) is 5.75 Å². The van der Waals surface area contributed by atoms with Crippen molar-refractivity contribution in [1.82, 2.24) is 4.98 Å². The van der Waals surface area contributed by atoms with Crippen LogP contribution in [0.2, 0.25) is 0 Å². The summed E-state index contributed by atoms with van der Waals surface area (Å²) in [7, 11) is 0. The van der Waals surface area contributed by atoms with E-state index in [0.717, 1.165) is 0 Å². The number of hydrogen-bond acceptors (Lipinski definition) is 6. The van der Waals surface area contributed by atoms with E-state index in [1.54, 1.807) is 26.0 Å². The molecule has 3 aliphatic carbocycles. The van der Waals surface area contributed by atoms with Gasteiger partial charge in [0.25, 0.3) is 0 Å². The standard InChI is InChI=1S/C27H24FNO5/c1-11-6-15-8-16-9-18-17(14-4-5-19(28)29-10-14)7-12(2)24(31)23(18)27(34)22(16)26(33)21(15)25(32)20(11)13(3)30/h4-5,7,10,15-16,21-22,31H,6,8-9H2,1-3H3. The van der Waals surface area contributed by atoms with Crippen molar-refractivity contribution >= 4 is 23.1 Å². The molecule has 4 atom stereocenters. The zero-order valence-electron chi connectivity index (χ0n) is 19.1. The molecule has 5 rings (SSSR count). The molecule has 1 aromatic carbocycles. The third-order valence-electron chi connectivity index (χ3n) is 7.67. The number of allylic oxidation sites excluding steroid dienone is 2. The molecule has 0 radical (unpaired) electrons. The summed E-state index contributed by atoms with van der Waals surface area (Å²) in [5, 5.41) is 10.8. The SMILES string of the molecule is CC(=O)C1=C(C)CC2CC3Cc4c(-c5ccc(F)nc5)cc(C)c(O)c4C(=O)C3C(=O)C2C1=O. The lowest BCUT2D eigenvalue weighted by Crippen LogP contribution is -2.52. The number of hydrogen-bond donors (Lipinski definition) is 1. The van der Waals surface area contributed by atoms with Gasteiger partial charge in [0.15, 0.2) is 23.1 Å². The Hall–Kier alpha value is -3.48. The molecule has 34 heavy (non-hydrogen) atoms. The van der Waals surface area contributed by atoms with Crippen LogP contribution in [0.4, 0.5) is 4.39 Å². The fourth-order valence-electron chi connectivity index (χ4n) is 6.28. The number of halogens is 1. The minimum Gasteiger partial charge on any atom is -0.507 e. The van der Waals surface area contributed by atoms with Crippen molar-refractivity contribution in [3.63, 3.8) is 0 Å². The zero-order valence-corrected chi connectivity index (χ0v) is 19.1. The van der Waals surface area contributed by atoms with E-state index in [9.17, 15) is 28.7 Å². The summed E-state index contributed by atoms with van der Waals surface area (Å²) in [6.07, 6.45) is 2.72. The van der Waals surface area contributed by atoms with Crippen LogP contribution in [-0.4, -0.2) is 33.2 Å². The number of aromatic nitrogens is 1. The third-order valence-corrected chi connectivity index (χ3v) is 7.67. The van der Waals surface area contributed by atoms with E-state index in [1.165, 1.54) is 19.2 Å². The van der Waals surface area contributed by atoms with E-state index in [0.29, 0.717) is 47.1 Å². The summed E-state index contributed by atoms with van der Waals surface area (Å²) in [6, 6.07) is 4.56. The van der Waals surface area contributed by atoms with Crippen molar-refractivity contribution in [3.05, 3.63) is 58.2 Å². The molecule has 1 heterocycles. The normalized spacial score (nSPS) is 26.2. The average Bonchev–Trinajstić information content (AvgIpc) is 2.76. The van der Waals surface area contributed by atoms with Crippen LogP contribution in [0.3, 0.4) is 0 Å². The second kappa shape index (κ2) is 7.79. The number of ketones is 4. The van der Waals surface area contributed by atoms with Gasteiger partial charge in [-0.15, -0.1) is 0 Å². The average molecular weight is 461 g/mol. The Morgan fingerprint density at radius 1 is 1.06 bits per heavy atom. The number of carbonyl (C=O) groups is 4. The second-order valence-corrected chi connectivity index (χ2v) is 9.77. The van der Waals surface area contributed by atoms with Crippen molar-refractivity contribution in [2.45, 2.75) is 40.0 Å². The first-order valence-corrected chi connectivity index (χ1v) is 11.4. The smallest absolute Gasteiger partial charge is 0.212 e. The van der Waals surface area contributed by atoms with Gasteiger partial charge in [-0.05, 0) is 86.8 Å². The number of nitrogens with zero attached hydrogens (tertiary/aromatic N) is 1. The number of aryl methyl sites for hydroxylation is 1. The number of fused-ring (bicyclic) bond motifs is 3. The van der Waals surface area contributed by atoms with Gasteiger partial charge < -0.3 is 5.11 Å². The molecule has 1 fully saturated rings. The molecule has 0 aliphatic heterocycles. The highest BCUT2D eigenvalue weighted by molar-refractivity contribution is 6.28. The lowest BCUT2D eigenvalue weighted by atomic mass is 9.56. The molecule has 6 nitrogen and oxygen atoms in total. The molecule has 174 valence electrons. The summed E-state index contributed by atoms with van der Waals surface area (Å²) < 4.78 is 13.4. The van der Waals surface area contributed by atoms with Crippen LogP contribution in [0.25, 0.3) is 11.1 Å². The van der Waals surface area contributed by atoms with Crippen LogP contribution in [0.1, 0.15) is 48.2 Å². The van der Waals surface area contributed by atoms with E-state index in [1.807, 2.05) is 0 Å². The van der Waals surface area contributed by atoms with Gasteiger partial charge in [0.1, 0.15) is 5.75 Å². The largest absolute Gasteiger partial charge is 0.507 e. The maximum Gasteiger partial charge on any atom is 0.212 e. The quantitative estimate of drug-likeness (QED) is 0.413. The van der Waals surface area contributed by atoms with Gasteiger partial charge in [-0.2, -0.15) is 4.39 Å². The number of rotatable bonds is 2. The number of Topliss-reactive ketones (excluding diaryl/α,β-unsaturated/α-hetero) is 4. The Morgan fingerprint density at radius 3 is 2.38 bits per heavy atom. The van der Waals surface area contributed by atoms with Crippen molar-refractivity contribution in [2.24, 2.45) is 23.7 Å². The maximum atomic E-state index is 13.7. The molecule has 4 unspecified atom stereocenters. The molecule has 0 amide bonds. The molecule has 3 aliphatic rings. The lowest BCUT2D eigenvalue weighted by Gasteiger charge is -2.44. The van der Waals surface area contributed by atoms with Gasteiger partial charge in [0.05, 0.1) is 23.0 Å². The van der Waals surface area contributed by atoms with Crippen LogP contribution >= 0.6 is 0 Å². The number of benzene rings is 1. The van der Waals surface area contributed by atoms with Gasteiger partial charge in [-0.25, -0.2) is 4.98 Å². The third kappa shape index (κ3) is 3.17. The van der Waals surface area contributed by atoms with Gasteiger partial charge in [0, 0.05) is 11.8 Å². The molecule has 0 saturated heterocycles. The molecule has 0 spiro atoms. The maximum absolute atomic E-state index is 13.7. The predicted octanol–water partition coefficient (Wildman–Crippen LogP) is 3.96. The molecule has 2 aromatic rings. The first-order chi connectivity index (χ1) is 16.1. The summed E-state index contributed by atoms with van der Waals surface area (Å²) in [5.74, 6) is -5.17. The highest BCUT2D eigenvalue weighted by Gasteiger charge is 2.54. The molecule has 7 heteroatoms. The predicted molar refractivity (Wildman–Crippen MR) is 121 cm³/mol. The van der Waals surface area contributed by atoms with Crippen LogP contribution in [-0.2, 0) is 20.8 Å². The first kappa shape index (κ1) is 22.3. The van der Waals surface area contributed by atoms with Gasteiger partial charge in [0.2, 0.25) is 5.95 Å². The van der Waals surface area contributed by atoms with E-state index in [4.69, 9.17) is 0 Å². The summed E-state index contributed by atoms with van der Waals surface area (Å²) in [4.78, 5) is 56.2. The number of carbonyl (C=O) groups excluding carboxylic acids is 4. The topological polar surface area (TPSA) is 101 Å². The van der Waals surface area contributed by atoms with Crippen molar-refractivity contribution in [2.75, 3.05) is 0 Å². The Labute approximate surface area is 195 Å². The molecule has 0 bridgehead atoms. The van der Waals surface area contributed by atoms with E-state index in [2.05, 4.69) is 4.98 Å². The minimum atomic E-state index is -1.03. The molecular weight excluding hydrogens is 437 g/mol. The van der Waals surface area contributed by atoms with E-state index >= 15 is 0 Å². The lowest BCUT2D eigenvalue weighted by molar-refractivity contribution is -0.140. The Balaban J connectivity index is 1.62. The zero-order chi connectivity index (χ0) is 24.5. The Morgan fingerprint density at radius 2 is 1.74 bits per heavy atom. The number of pyridine rings is 1. The fraction of sp³-hybridized carbons (Fsp3) is 0.370. The number of phenols is 1. The number of aromatic hydroxyl groups is 1. The molecular formula is C27H24FNO5. The van der Waals surface area contributed by atoms with E-state index in [-0.39, 0.29) is 34.5 Å². The molecule has 1 aromatic heterocycles. The Bertz CT molecular complexity index is 1320. The highest BCUT2D eigenvalue weighted by Crippen LogP contribution is 2.50. The second-order valence-electron chi connectivity index (χ2n) is 9.77. The van der Waals surface area contributed by atoms with E-state index < -0.39 is 35.1 Å².